The first-order valence-electron chi connectivity index (χ1n) is 9.69. The van der Waals surface area contributed by atoms with Crippen molar-refractivity contribution in [2.24, 2.45) is 0 Å². The molecule has 3 rings (SSSR count). The molecule has 27 heavy (non-hydrogen) atoms. The lowest BCUT2D eigenvalue weighted by molar-refractivity contribution is 0.148. The summed E-state index contributed by atoms with van der Waals surface area (Å²) in [4.78, 5) is 16.9. The average molecular weight is 367 g/mol. The first-order valence-corrected chi connectivity index (χ1v) is 9.69. The molecule has 144 valence electrons. The fraction of sp³-hybridized carbons (Fsp3) is 0.409. The Labute approximate surface area is 161 Å². The van der Waals surface area contributed by atoms with E-state index in [1.807, 2.05) is 41.3 Å². The first-order chi connectivity index (χ1) is 13.2. The van der Waals surface area contributed by atoms with E-state index in [4.69, 9.17) is 4.74 Å². The number of nitrogens with zero attached hydrogens (tertiary/aromatic N) is 2. The van der Waals surface area contributed by atoms with Gasteiger partial charge in [0.25, 0.3) is 0 Å². The summed E-state index contributed by atoms with van der Waals surface area (Å²) in [7, 11) is 1.72. The van der Waals surface area contributed by atoms with E-state index >= 15 is 0 Å². The highest BCUT2D eigenvalue weighted by Crippen LogP contribution is 2.19. The maximum Gasteiger partial charge on any atom is 0.321 e. The van der Waals surface area contributed by atoms with Gasteiger partial charge in [-0.25, -0.2) is 4.79 Å². The van der Waals surface area contributed by atoms with Crippen LogP contribution in [0.2, 0.25) is 0 Å². The lowest BCUT2D eigenvalue weighted by Crippen LogP contribution is -2.50. The number of benzene rings is 2. The van der Waals surface area contributed by atoms with Crippen molar-refractivity contribution in [3.63, 3.8) is 0 Å². The van der Waals surface area contributed by atoms with Gasteiger partial charge in [0.1, 0.15) is 5.75 Å². The number of amides is 2. The second kappa shape index (κ2) is 9.42. The van der Waals surface area contributed by atoms with E-state index in [1.165, 1.54) is 11.1 Å². The van der Waals surface area contributed by atoms with Crippen LogP contribution in [-0.2, 0) is 12.8 Å². The number of para-hydroxylation sites is 2. The quantitative estimate of drug-likeness (QED) is 0.848. The SMILES string of the molecule is CCc1ccccc1NC(=O)N1CCN(CCc2ccccc2OC)CC1. The highest BCUT2D eigenvalue weighted by Gasteiger charge is 2.21. The van der Waals surface area contributed by atoms with Gasteiger partial charge in [-0.05, 0) is 36.1 Å². The van der Waals surface area contributed by atoms with Gasteiger partial charge in [-0.15, -0.1) is 0 Å². The van der Waals surface area contributed by atoms with Crippen LogP contribution >= 0.6 is 0 Å². The predicted molar refractivity (Wildman–Crippen MR) is 110 cm³/mol. The molecule has 1 fully saturated rings. The van der Waals surface area contributed by atoms with E-state index < -0.39 is 0 Å². The van der Waals surface area contributed by atoms with Crippen LogP contribution in [0.5, 0.6) is 5.75 Å². The van der Waals surface area contributed by atoms with E-state index in [2.05, 4.69) is 29.3 Å². The first kappa shape index (κ1) is 19.2. The molecule has 1 N–H and O–H groups in total. The number of aryl methyl sites for hydroxylation is 1. The number of piperazine rings is 1. The molecule has 0 saturated carbocycles. The van der Waals surface area contributed by atoms with Crippen molar-refractivity contribution in [2.75, 3.05) is 45.2 Å². The van der Waals surface area contributed by atoms with Crippen LogP contribution in [0, 0.1) is 0 Å². The molecule has 0 radical (unpaired) electrons. The Morgan fingerprint density at radius 3 is 2.37 bits per heavy atom. The fourth-order valence-electron chi connectivity index (χ4n) is 3.51. The number of nitrogens with one attached hydrogen (secondary N) is 1. The third-order valence-electron chi connectivity index (χ3n) is 5.19. The number of methoxy groups -OCH3 is 1. The molecule has 5 nitrogen and oxygen atoms in total. The van der Waals surface area contributed by atoms with Crippen LogP contribution in [-0.4, -0.2) is 55.7 Å². The van der Waals surface area contributed by atoms with Gasteiger partial charge >= 0.3 is 6.03 Å². The van der Waals surface area contributed by atoms with Crippen LogP contribution in [0.1, 0.15) is 18.1 Å². The van der Waals surface area contributed by atoms with Crippen molar-refractivity contribution < 1.29 is 9.53 Å². The number of ether oxygens (including phenoxy) is 1. The minimum atomic E-state index is 0.000258. The molecule has 1 saturated heterocycles. The minimum Gasteiger partial charge on any atom is -0.496 e. The molecule has 0 unspecified atom stereocenters. The second-order valence-corrected chi connectivity index (χ2v) is 6.83. The van der Waals surface area contributed by atoms with E-state index in [0.29, 0.717) is 0 Å². The Balaban J connectivity index is 1.48. The minimum absolute atomic E-state index is 0.000258. The summed E-state index contributed by atoms with van der Waals surface area (Å²) in [5, 5.41) is 3.07. The molecular weight excluding hydrogens is 338 g/mol. The number of rotatable bonds is 6. The summed E-state index contributed by atoms with van der Waals surface area (Å²) >= 11 is 0. The summed E-state index contributed by atoms with van der Waals surface area (Å²) in [6, 6.07) is 16.2. The summed E-state index contributed by atoms with van der Waals surface area (Å²) in [6.07, 6.45) is 1.87. The molecule has 5 heteroatoms. The van der Waals surface area contributed by atoms with Crippen LogP contribution in [0.4, 0.5) is 10.5 Å². The topological polar surface area (TPSA) is 44.8 Å². The Morgan fingerprint density at radius 2 is 1.67 bits per heavy atom. The van der Waals surface area contributed by atoms with Crippen molar-refractivity contribution in [1.82, 2.24) is 9.80 Å². The molecule has 2 aromatic carbocycles. The molecule has 1 heterocycles. The van der Waals surface area contributed by atoms with Gasteiger partial charge in [0.15, 0.2) is 0 Å². The van der Waals surface area contributed by atoms with E-state index in [-0.39, 0.29) is 6.03 Å². The van der Waals surface area contributed by atoms with Crippen molar-refractivity contribution >= 4 is 11.7 Å². The fourth-order valence-corrected chi connectivity index (χ4v) is 3.51. The van der Waals surface area contributed by atoms with Gasteiger partial charge in [0.2, 0.25) is 0 Å². The summed E-state index contributed by atoms with van der Waals surface area (Å²) in [5.41, 5.74) is 3.32. The van der Waals surface area contributed by atoms with E-state index in [0.717, 1.165) is 57.0 Å². The average Bonchev–Trinajstić information content (AvgIpc) is 2.73. The smallest absolute Gasteiger partial charge is 0.321 e. The molecular formula is C22H29N3O2. The Hall–Kier alpha value is -2.53. The molecule has 2 aromatic rings. The number of carbonyl (C=O) groups excluding carboxylic acids is 1. The standard InChI is InChI=1S/C22H29N3O2/c1-3-18-8-4-6-10-20(18)23-22(26)25-16-14-24(15-17-25)13-12-19-9-5-7-11-21(19)27-2/h4-11H,3,12-17H2,1-2H3,(H,23,26). The zero-order valence-corrected chi connectivity index (χ0v) is 16.3. The Morgan fingerprint density at radius 1 is 1.00 bits per heavy atom. The Bertz CT molecular complexity index is 755. The van der Waals surface area contributed by atoms with E-state index in [1.54, 1.807) is 7.11 Å². The molecule has 1 aliphatic heterocycles. The summed E-state index contributed by atoms with van der Waals surface area (Å²) < 4.78 is 5.43. The molecule has 1 aliphatic rings. The maximum atomic E-state index is 12.6. The molecule has 0 aromatic heterocycles. The van der Waals surface area contributed by atoms with Crippen LogP contribution in [0.25, 0.3) is 0 Å². The Kier molecular flexibility index (Phi) is 6.71. The predicted octanol–water partition coefficient (Wildman–Crippen LogP) is 3.65. The number of anilines is 1. The van der Waals surface area contributed by atoms with Gasteiger partial charge in [-0.3, -0.25) is 4.90 Å². The van der Waals surface area contributed by atoms with Crippen molar-refractivity contribution in [1.29, 1.82) is 0 Å². The molecule has 0 spiro atoms. The largest absolute Gasteiger partial charge is 0.496 e. The normalized spacial score (nSPS) is 14.8. The summed E-state index contributed by atoms with van der Waals surface area (Å²) in [5.74, 6) is 0.949. The highest BCUT2D eigenvalue weighted by molar-refractivity contribution is 5.90. The molecule has 0 bridgehead atoms. The van der Waals surface area contributed by atoms with Gasteiger partial charge in [0, 0.05) is 38.4 Å². The second-order valence-electron chi connectivity index (χ2n) is 6.83. The van der Waals surface area contributed by atoms with Crippen LogP contribution < -0.4 is 10.1 Å². The third kappa shape index (κ3) is 5.01. The number of hydrogen-bond acceptors (Lipinski definition) is 3. The highest BCUT2D eigenvalue weighted by atomic mass is 16.5. The number of urea groups is 1. The van der Waals surface area contributed by atoms with Gasteiger partial charge in [-0.1, -0.05) is 43.3 Å². The lowest BCUT2D eigenvalue weighted by Gasteiger charge is -2.34. The van der Waals surface area contributed by atoms with Crippen molar-refractivity contribution in [3.05, 3.63) is 59.7 Å². The van der Waals surface area contributed by atoms with Gasteiger partial charge in [-0.2, -0.15) is 0 Å². The number of hydrogen-bond donors (Lipinski definition) is 1. The molecule has 2 amide bonds. The van der Waals surface area contributed by atoms with Crippen molar-refractivity contribution in [2.45, 2.75) is 19.8 Å². The maximum absolute atomic E-state index is 12.6. The number of carbonyl (C=O) groups is 1. The van der Waals surface area contributed by atoms with Gasteiger partial charge in [0.05, 0.1) is 7.11 Å². The van der Waals surface area contributed by atoms with Crippen LogP contribution in [0.15, 0.2) is 48.5 Å². The monoisotopic (exact) mass is 367 g/mol. The lowest BCUT2D eigenvalue weighted by atomic mass is 10.1. The van der Waals surface area contributed by atoms with E-state index in [9.17, 15) is 4.79 Å². The molecule has 0 atom stereocenters. The van der Waals surface area contributed by atoms with Crippen LogP contribution in [0.3, 0.4) is 0 Å². The van der Waals surface area contributed by atoms with Gasteiger partial charge < -0.3 is 15.0 Å². The molecule has 0 aliphatic carbocycles. The zero-order valence-electron chi connectivity index (χ0n) is 16.3. The van der Waals surface area contributed by atoms with Crippen molar-refractivity contribution in [3.8, 4) is 5.75 Å². The summed E-state index contributed by atoms with van der Waals surface area (Å²) in [6.45, 7) is 6.40. The zero-order chi connectivity index (χ0) is 19.1. The third-order valence-corrected chi connectivity index (χ3v) is 5.19.